The van der Waals surface area contributed by atoms with Gasteiger partial charge >= 0.3 is 0 Å². The predicted molar refractivity (Wildman–Crippen MR) is 118 cm³/mol. The van der Waals surface area contributed by atoms with Crippen molar-refractivity contribution in [2.45, 2.75) is 39.7 Å². The summed E-state index contributed by atoms with van der Waals surface area (Å²) in [6.45, 7) is 4.44. The Kier molecular flexibility index (Phi) is 6.99. The van der Waals surface area contributed by atoms with Crippen LogP contribution in [0.1, 0.15) is 39.5 Å². The second-order valence-electron chi connectivity index (χ2n) is 6.84. The Labute approximate surface area is 179 Å². The summed E-state index contributed by atoms with van der Waals surface area (Å²) in [5, 5.41) is 20.8. The van der Waals surface area contributed by atoms with Gasteiger partial charge in [-0.3, -0.25) is 14.3 Å². The van der Waals surface area contributed by atoms with Gasteiger partial charge in [-0.1, -0.05) is 12.1 Å². The van der Waals surface area contributed by atoms with E-state index in [-0.39, 0.29) is 11.8 Å². The van der Waals surface area contributed by atoms with Gasteiger partial charge in [-0.15, -0.1) is 11.3 Å². The molecule has 7 nitrogen and oxygen atoms in total. The van der Waals surface area contributed by atoms with Crippen molar-refractivity contribution in [3.8, 4) is 6.07 Å². The highest BCUT2D eigenvalue weighted by Gasteiger charge is 2.13. The molecule has 0 aliphatic heterocycles. The summed E-state index contributed by atoms with van der Waals surface area (Å²) >= 11 is 1.37. The Morgan fingerprint density at radius 2 is 1.93 bits per heavy atom. The number of benzene rings is 1. The largest absolute Gasteiger partial charge is 0.326 e. The lowest BCUT2D eigenvalue weighted by Gasteiger charge is -2.09. The van der Waals surface area contributed by atoms with E-state index in [4.69, 9.17) is 5.26 Å². The van der Waals surface area contributed by atoms with Crippen molar-refractivity contribution in [1.82, 2.24) is 9.78 Å². The van der Waals surface area contributed by atoms with Crippen LogP contribution in [0.2, 0.25) is 0 Å². The molecule has 0 fully saturated rings. The molecule has 0 aliphatic carbocycles. The number of hydrogen-bond acceptors (Lipinski definition) is 5. The highest BCUT2D eigenvalue weighted by atomic mass is 32.1. The third-order valence-corrected chi connectivity index (χ3v) is 5.59. The van der Waals surface area contributed by atoms with Gasteiger partial charge in [-0.25, -0.2) is 0 Å². The third-order valence-electron chi connectivity index (χ3n) is 4.72. The first-order chi connectivity index (χ1) is 14.5. The van der Waals surface area contributed by atoms with Crippen molar-refractivity contribution in [2.75, 3.05) is 10.6 Å². The Morgan fingerprint density at radius 3 is 2.63 bits per heavy atom. The third kappa shape index (κ3) is 5.33. The first-order valence-corrected chi connectivity index (χ1v) is 10.5. The summed E-state index contributed by atoms with van der Waals surface area (Å²) in [4.78, 5) is 25.3. The van der Waals surface area contributed by atoms with Gasteiger partial charge in [0.15, 0.2) is 0 Å². The molecule has 2 aromatic heterocycles. The first-order valence-electron chi connectivity index (χ1n) is 9.62. The molecule has 0 atom stereocenters. The number of aromatic nitrogens is 2. The minimum Gasteiger partial charge on any atom is -0.326 e. The van der Waals surface area contributed by atoms with Crippen molar-refractivity contribution in [2.24, 2.45) is 0 Å². The zero-order chi connectivity index (χ0) is 21.5. The maximum absolute atomic E-state index is 12.4. The Bertz CT molecular complexity index is 1080. The fourth-order valence-electron chi connectivity index (χ4n) is 3.21. The average molecular weight is 422 g/mol. The molecule has 0 unspecified atom stereocenters. The van der Waals surface area contributed by atoms with Crippen molar-refractivity contribution < 1.29 is 9.59 Å². The molecule has 0 bridgehead atoms. The summed E-state index contributed by atoms with van der Waals surface area (Å²) in [5.41, 5.74) is 4.17. The quantitative estimate of drug-likeness (QED) is 0.566. The van der Waals surface area contributed by atoms with Gasteiger partial charge in [0.25, 0.3) is 5.91 Å². The van der Waals surface area contributed by atoms with Gasteiger partial charge in [0.05, 0.1) is 29.6 Å². The van der Waals surface area contributed by atoms with Crippen LogP contribution in [0, 0.1) is 25.2 Å². The molecule has 0 radical (unpaired) electrons. The fraction of sp³-hybridized carbons (Fsp3) is 0.273. The number of hydrogen-bond donors (Lipinski definition) is 2. The van der Waals surface area contributed by atoms with E-state index in [1.165, 1.54) is 11.3 Å². The fourth-order valence-corrected chi connectivity index (χ4v) is 3.83. The molecule has 3 aromatic rings. The average Bonchev–Trinajstić information content (AvgIpc) is 3.34. The second kappa shape index (κ2) is 9.85. The van der Waals surface area contributed by atoms with Crippen LogP contribution in [0.4, 0.5) is 11.4 Å². The summed E-state index contributed by atoms with van der Waals surface area (Å²) in [6, 6.07) is 12.8. The van der Waals surface area contributed by atoms with E-state index < -0.39 is 0 Å². The molecular formula is C22H23N5O2S. The summed E-state index contributed by atoms with van der Waals surface area (Å²) in [7, 11) is 0. The smallest absolute Gasteiger partial charge is 0.265 e. The van der Waals surface area contributed by atoms with Gasteiger partial charge in [-0.2, -0.15) is 10.4 Å². The maximum Gasteiger partial charge on any atom is 0.265 e. The molecule has 8 heteroatoms. The van der Waals surface area contributed by atoms with E-state index in [0.717, 1.165) is 17.0 Å². The topological polar surface area (TPSA) is 99.8 Å². The number of carbonyl (C=O) groups is 2. The van der Waals surface area contributed by atoms with Crippen molar-refractivity contribution >= 4 is 34.5 Å². The molecule has 0 spiro atoms. The van der Waals surface area contributed by atoms with E-state index in [2.05, 4.69) is 21.8 Å². The van der Waals surface area contributed by atoms with Gasteiger partial charge < -0.3 is 10.6 Å². The number of nitriles is 1. The molecule has 154 valence electrons. The van der Waals surface area contributed by atoms with Crippen LogP contribution in [-0.4, -0.2) is 21.6 Å². The Balaban J connectivity index is 1.57. The summed E-state index contributed by atoms with van der Waals surface area (Å²) in [5.74, 6) is -0.284. The first kappa shape index (κ1) is 21.3. The van der Waals surface area contributed by atoms with Crippen LogP contribution in [-0.2, 0) is 17.8 Å². The number of carbonyl (C=O) groups excluding carboxylic acids is 2. The van der Waals surface area contributed by atoms with Crippen molar-refractivity contribution in [3.63, 3.8) is 0 Å². The SMILES string of the molecule is Cc1nn(CCC#N)c(C)c1CCC(=O)Nc1cccc(NC(=O)c2cccs2)c1. The molecule has 1 aromatic carbocycles. The normalized spacial score (nSPS) is 10.4. The molecule has 2 N–H and O–H groups in total. The van der Waals surface area contributed by atoms with Gasteiger partial charge in [0, 0.05) is 23.5 Å². The number of aryl methyl sites for hydroxylation is 2. The molecular weight excluding hydrogens is 398 g/mol. The summed E-state index contributed by atoms with van der Waals surface area (Å²) < 4.78 is 1.82. The van der Waals surface area contributed by atoms with Gasteiger partial charge in [-0.05, 0) is 55.5 Å². The number of amides is 2. The van der Waals surface area contributed by atoms with Crippen LogP contribution >= 0.6 is 11.3 Å². The van der Waals surface area contributed by atoms with Crippen LogP contribution in [0.15, 0.2) is 41.8 Å². The lowest BCUT2D eigenvalue weighted by Crippen LogP contribution is -2.14. The minimum atomic E-state index is -0.173. The van der Waals surface area contributed by atoms with Crippen LogP contribution in [0.3, 0.4) is 0 Å². The van der Waals surface area contributed by atoms with E-state index in [1.807, 2.05) is 30.0 Å². The van der Waals surface area contributed by atoms with Gasteiger partial charge in [0.1, 0.15) is 0 Å². The number of anilines is 2. The summed E-state index contributed by atoms with van der Waals surface area (Å²) in [6.07, 6.45) is 1.30. The van der Waals surface area contributed by atoms with E-state index in [0.29, 0.717) is 42.1 Å². The van der Waals surface area contributed by atoms with Crippen LogP contribution in [0.25, 0.3) is 0 Å². The molecule has 0 aliphatic rings. The highest BCUT2D eigenvalue weighted by molar-refractivity contribution is 7.12. The minimum absolute atomic E-state index is 0.111. The molecule has 0 saturated heterocycles. The lowest BCUT2D eigenvalue weighted by atomic mass is 10.1. The number of rotatable bonds is 8. The van der Waals surface area contributed by atoms with E-state index >= 15 is 0 Å². The number of thiophene rings is 1. The maximum atomic E-state index is 12.4. The zero-order valence-electron chi connectivity index (χ0n) is 16.9. The molecule has 2 heterocycles. The second-order valence-corrected chi connectivity index (χ2v) is 7.79. The van der Waals surface area contributed by atoms with Gasteiger partial charge in [0.2, 0.25) is 5.91 Å². The number of nitrogens with zero attached hydrogens (tertiary/aromatic N) is 3. The Hall–Kier alpha value is -3.44. The predicted octanol–water partition coefficient (Wildman–Crippen LogP) is 4.30. The molecule has 3 rings (SSSR count). The Morgan fingerprint density at radius 1 is 1.17 bits per heavy atom. The van der Waals surface area contributed by atoms with Crippen LogP contribution in [0.5, 0.6) is 0 Å². The van der Waals surface area contributed by atoms with Crippen LogP contribution < -0.4 is 10.6 Å². The standard InChI is InChI=1S/C22H23N5O2S/c1-15-19(16(2)27(26-15)12-5-11-23)9-10-21(28)24-17-6-3-7-18(14-17)25-22(29)20-8-4-13-30-20/h3-4,6-8,13-14H,5,9-10,12H2,1-2H3,(H,24,28)(H,25,29). The molecule has 0 saturated carbocycles. The van der Waals surface area contributed by atoms with Crippen molar-refractivity contribution in [3.05, 3.63) is 63.6 Å². The number of nitrogens with one attached hydrogen (secondary N) is 2. The monoisotopic (exact) mass is 421 g/mol. The highest BCUT2D eigenvalue weighted by Crippen LogP contribution is 2.19. The van der Waals surface area contributed by atoms with E-state index in [9.17, 15) is 9.59 Å². The van der Waals surface area contributed by atoms with E-state index in [1.54, 1.807) is 30.3 Å². The zero-order valence-corrected chi connectivity index (χ0v) is 17.8. The van der Waals surface area contributed by atoms with Crippen molar-refractivity contribution in [1.29, 1.82) is 5.26 Å². The lowest BCUT2D eigenvalue weighted by molar-refractivity contribution is -0.116. The molecule has 2 amide bonds. The molecule has 30 heavy (non-hydrogen) atoms.